The molecule has 0 radical (unpaired) electrons. The van der Waals surface area contributed by atoms with Gasteiger partial charge in [-0.1, -0.05) is 23.2 Å². The number of thioether (sulfide) groups is 1. The predicted molar refractivity (Wildman–Crippen MR) is 61.9 cm³/mol. The van der Waals surface area contributed by atoms with Crippen LogP contribution in [0.3, 0.4) is 0 Å². The number of rotatable bonds is 5. The minimum absolute atomic E-state index is 0.272. The largest absolute Gasteiger partial charge is 0.467 e. The molecule has 0 spiro atoms. The minimum Gasteiger partial charge on any atom is -0.467 e. The van der Waals surface area contributed by atoms with Gasteiger partial charge in [0.15, 0.2) is 0 Å². The first-order valence-electron chi connectivity index (χ1n) is 3.94. The Balaban J connectivity index is 4.25. The maximum absolute atomic E-state index is 11.2. The van der Waals surface area contributed by atoms with Crippen molar-refractivity contribution in [1.29, 1.82) is 0 Å². The third-order valence-corrected chi connectivity index (χ3v) is 3.13. The number of halogens is 2. The second-order valence-corrected chi connectivity index (χ2v) is 4.41. The van der Waals surface area contributed by atoms with Crippen LogP contribution in [0.1, 0.15) is 6.92 Å². The Morgan fingerprint density at radius 1 is 1.60 bits per heavy atom. The molecule has 0 saturated heterocycles. The van der Waals surface area contributed by atoms with Crippen LogP contribution in [0.5, 0.6) is 0 Å². The first kappa shape index (κ1) is 14.6. The van der Waals surface area contributed by atoms with Gasteiger partial charge in [0.1, 0.15) is 6.04 Å². The number of nitrogens with one attached hydrogen (secondary N) is 1. The molecule has 0 aliphatic rings. The van der Waals surface area contributed by atoms with Crippen LogP contribution in [0.2, 0.25) is 0 Å². The van der Waals surface area contributed by atoms with Gasteiger partial charge in [-0.05, 0) is 0 Å². The summed E-state index contributed by atoms with van der Waals surface area (Å²) in [6, 6.07) is -0.720. The van der Waals surface area contributed by atoms with Crippen LogP contribution in [0.25, 0.3) is 0 Å². The standard InChI is InChI=1S/C8H11Cl2NO3S/c1-5(12)11-6(8(13)14-2)4-15-7(10)3-9/h3,6H,4H2,1-2H3,(H,11,12)/b7-3+/t6-/m0/s1. The summed E-state index contributed by atoms with van der Waals surface area (Å²) in [5.41, 5.74) is 1.19. The van der Waals surface area contributed by atoms with Crippen LogP contribution < -0.4 is 5.32 Å². The van der Waals surface area contributed by atoms with Crippen molar-refractivity contribution in [1.82, 2.24) is 5.32 Å². The van der Waals surface area contributed by atoms with Gasteiger partial charge in [0.05, 0.1) is 11.5 Å². The fourth-order valence-electron chi connectivity index (χ4n) is 0.751. The highest BCUT2D eigenvalue weighted by Gasteiger charge is 2.20. The van der Waals surface area contributed by atoms with Crippen molar-refractivity contribution in [3.63, 3.8) is 0 Å². The Hall–Kier alpha value is -0.390. The van der Waals surface area contributed by atoms with Crippen LogP contribution in [0.4, 0.5) is 0 Å². The van der Waals surface area contributed by atoms with Crippen LogP contribution in [0, 0.1) is 0 Å². The number of esters is 1. The second-order valence-electron chi connectivity index (χ2n) is 2.50. The van der Waals surface area contributed by atoms with E-state index in [0.717, 1.165) is 11.8 Å². The summed E-state index contributed by atoms with van der Waals surface area (Å²) in [7, 11) is 1.25. The fourth-order valence-corrected chi connectivity index (χ4v) is 1.74. The van der Waals surface area contributed by atoms with Crippen molar-refractivity contribution in [2.75, 3.05) is 12.9 Å². The van der Waals surface area contributed by atoms with Crippen LogP contribution in [-0.2, 0) is 14.3 Å². The lowest BCUT2D eigenvalue weighted by Gasteiger charge is -2.14. The van der Waals surface area contributed by atoms with Gasteiger partial charge in [-0.25, -0.2) is 4.79 Å². The Labute approximate surface area is 102 Å². The third-order valence-electron chi connectivity index (χ3n) is 1.34. The zero-order valence-corrected chi connectivity index (χ0v) is 10.6. The van der Waals surface area contributed by atoms with E-state index in [9.17, 15) is 9.59 Å². The van der Waals surface area contributed by atoms with Crippen LogP contribution in [0.15, 0.2) is 9.90 Å². The molecular formula is C8H11Cl2NO3S. The maximum atomic E-state index is 11.2. The topological polar surface area (TPSA) is 55.4 Å². The molecule has 0 aliphatic carbocycles. The Morgan fingerprint density at radius 3 is 2.60 bits per heavy atom. The monoisotopic (exact) mass is 271 g/mol. The summed E-state index contributed by atoms with van der Waals surface area (Å²) < 4.78 is 4.86. The molecule has 0 saturated carbocycles. The Morgan fingerprint density at radius 2 is 2.20 bits per heavy atom. The SMILES string of the molecule is COC(=O)[C@H](CS/C(Cl)=C/Cl)NC(C)=O. The zero-order chi connectivity index (χ0) is 11.8. The van der Waals surface area contributed by atoms with Gasteiger partial charge in [0.25, 0.3) is 0 Å². The molecule has 0 aromatic heterocycles. The van der Waals surface area contributed by atoms with Crippen molar-refractivity contribution in [2.45, 2.75) is 13.0 Å². The lowest BCUT2D eigenvalue weighted by molar-refractivity contribution is -0.144. The molecule has 7 heteroatoms. The molecule has 0 fully saturated rings. The van der Waals surface area contributed by atoms with Crippen LogP contribution >= 0.6 is 35.0 Å². The van der Waals surface area contributed by atoms with E-state index in [1.54, 1.807) is 0 Å². The first-order valence-corrected chi connectivity index (χ1v) is 5.74. The first-order chi connectivity index (χ1) is 7.01. The number of carbonyl (C=O) groups excluding carboxylic acids is 2. The molecule has 0 aromatic rings. The van der Waals surface area contributed by atoms with E-state index in [1.165, 1.54) is 19.6 Å². The molecule has 0 bridgehead atoms. The van der Waals surface area contributed by atoms with Crippen molar-refractivity contribution in [2.24, 2.45) is 0 Å². The third kappa shape index (κ3) is 6.65. The highest BCUT2D eigenvalue weighted by molar-refractivity contribution is 8.04. The summed E-state index contributed by atoms with van der Waals surface area (Å²) >= 11 is 12.1. The number of hydrogen-bond acceptors (Lipinski definition) is 4. The fraction of sp³-hybridized carbons (Fsp3) is 0.500. The van der Waals surface area contributed by atoms with Crippen LogP contribution in [-0.4, -0.2) is 30.8 Å². The van der Waals surface area contributed by atoms with Gasteiger partial charge in [-0.3, -0.25) is 4.79 Å². The van der Waals surface area contributed by atoms with E-state index in [0.29, 0.717) is 4.36 Å². The molecule has 1 N–H and O–H groups in total. The Bertz CT molecular complexity index is 271. The molecule has 1 amide bonds. The molecule has 0 unspecified atom stereocenters. The predicted octanol–water partition coefficient (Wildman–Crippen LogP) is 1.67. The molecule has 0 aromatic carbocycles. The highest BCUT2D eigenvalue weighted by atomic mass is 35.5. The molecule has 4 nitrogen and oxygen atoms in total. The number of hydrogen-bond donors (Lipinski definition) is 1. The normalized spacial score (nSPS) is 13.2. The summed E-state index contributed by atoms with van der Waals surface area (Å²) in [5, 5.41) is 2.45. The summed E-state index contributed by atoms with van der Waals surface area (Å²) in [4.78, 5) is 22.0. The van der Waals surface area contributed by atoms with Gasteiger partial charge >= 0.3 is 5.97 Å². The van der Waals surface area contributed by atoms with Crippen molar-refractivity contribution in [3.8, 4) is 0 Å². The number of carbonyl (C=O) groups is 2. The van der Waals surface area contributed by atoms with Gasteiger partial charge in [0, 0.05) is 18.2 Å². The molecule has 86 valence electrons. The van der Waals surface area contributed by atoms with Gasteiger partial charge in [0.2, 0.25) is 5.91 Å². The lowest BCUT2D eigenvalue weighted by atomic mass is 10.3. The average Bonchev–Trinajstić information content (AvgIpc) is 2.21. The van der Waals surface area contributed by atoms with E-state index < -0.39 is 12.0 Å². The molecular weight excluding hydrogens is 261 g/mol. The van der Waals surface area contributed by atoms with Crippen molar-refractivity contribution < 1.29 is 14.3 Å². The molecule has 15 heavy (non-hydrogen) atoms. The van der Waals surface area contributed by atoms with Gasteiger partial charge in [-0.15, -0.1) is 11.8 Å². The Kier molecular flexibility index (Phi) is 7.64. The summed E-state index contributed by atoms with van der Waals surface area (Å²) in [6.45, 7) is 1.32. The van der Waals surface area contributed by atoms with Crippen molar-refractivity contribution >= 4 is 46.8 Å². The minimum atomic E-state index is -0.720. The lowest BCUT2D eigenvalue weighted by Crippen LogP contribution is -2.42. The van der Waals surface area contributed by atoms with Gasteiger partial charge in [-0.2, -0.15) is 0 Å². The molecule has 0 heterocycles. The number of methoxy groups -OCH3 is 1. The van der Waals surface area contributed by atoms with E-state index in [-0.39, 0.29) is 11.7 Å². The second kappa shape index (κ2) is 7.84. The number of ether oxygens (including phenoxy) is 1. The maximum Gasteiger partial charge on any atom is 0.329 e. The van der Waals surface area contributed by atoms with E-state index in [4.69, 9.17) is 23.2 Å². The molecule has 1 atom stereocenters. The smallest absolute Gasteiger partial charge is 0.329 e. The van der Waals surface area contributed by atoms with E-state index >= 15 is 0 Å². The van der Waals surface area contributed by atoms with Crippen molar-refractivity contribution in [3.05, 3.63) is 9.90 Å². The summed E-state index contributed by atoms with van der Waals surface area (Å²) in [6.07, 6.45) is 0. The number of amides is 1. The van der Waals surface area contributed by atoms with E-state index in [2.05, 4.69) is 10.1 Å². The molecule has 0 aliphatic heterocycles. The quantitative estimate of drug-likeness (QED) is 0.773. The zero-order valence-electron chi connectivity index (χ0n) is 8.25. The molecule has 0 rings (SSSR count). The summed E-state index contributed by atoms with van der Waals surface area (Å²) in [5.74, 6) is -0.553. The average molecular weight is 272 g/mol. The van der Waals surface area contributed by atoms with E-state index in [1.807, 2.05) is 0 Å². The highest BCUT2D eigenvalue weighted by Crippen LogP contribution is 2.21. The van der Waals surface area contributed by atoms with Gasteiger partial charge < -0.3 is 10.1 Å².